The maximum Gasteiger partial charge on any atom is 0.335 e. The van der Waals surface area contributed by atoms with Crippen LogP contribution in [0.25, 0.3) is 11.4 Å². The molecule has 0 unspecified atom stereocenters. The molecular formula is C16H18N4O2. The first-order valence-electron chi connectivity index (χ1n) is 7.52. The summed E-state index contributed by atoms with van der Waals surface area (Å²) in [6.07, 6.45) is 9.20. The summed E-state index contributed by atoms with van der Waals surface area (Å²) in [5.74, 6) is -0.398. The van der Waals surface area contributed by atoms with Gasteiger partial charge >= 0.3 is 5.97 Å². The van der Waals surface area contributed by atoms with Gasteiger partial charge in [-0.15, -0.1) is 0 Å². The van der Waals surface area contributed by atoms with Crippen LogP contribution in [0.4, 0.5) is 5.95 Å². The zero-order chi connectivity index (χ0) is 15.4. The maximum absolute atomic E-state index is 11.0. The van der Waals surface area contributed by atoms with Gasteiger partial charge in [0.1, 0.15) is 0 Å². The molecular weight excluding hydrogens is 280 g/mol. The van der Waals surface area contributed by atoms with Crippen LogP contribution in [0.3, 0.4) is 0 Å². The average molecular weight is 298 g/mol. The fourth-order valence-corrected chi connectivity index (χ4v) is 2.70. The van der Waals surface area contributed by atoms with Crippen LogP contribution in [0.5, 0.6) is 0 Å². The molecule has 114 valence electrons. The van der Waals surface area contributed by atoms with Crippen LogP contribution in [0.2, 0.25) is 0 Å². The van der Waals surface area contributed by atoms with Crippen molar-refractivity contribution in [2.45, 2.75) is 38.1 Å². The van der Waals surface area contributed by atoms with Crippen LogP contribution in [0, 0.1) is 0 Å². The van der Waals surface area contributed by atoms with Gasteiger partial charge < -0.3 is 10.4 Å². The minimum Gasteiger partial charge on any atom is -0.478 e. The van der Waals surface area contributed by atoms with E-state index in [4.69, 9.17) is 5.11 Å². The Morgan fingerprint density at radius 2 is 1.86 bits per heavy atom. The highest BCUT2D eigenvalue weighted by molar-refractivity contribution is 5.88. The topological polar surface area (TPSA) is 88.0 Å². The number of nitrogens with one attached hydrogen (secondary N) is 1. The highest BCUT2D eigenvalue weighted by Gasteiger charge is 2.14. The van der Waals surface area contributed by atoms with Crippen molar-refractivity contribution in [2.75, 3.05) is 5.32 Å². The SMILES string of the molecule is O=C(O)c1ccnc(-c2ccnc(NC3CCCCC3)n2)c1. The summed E-state index contributed by atoms with van der Waals surface area (Å²) in [5, 5.41) is 12.4. The van der Waals surface area contributed by atoms with Crippen molar-refractivity contribution >= 4 is 11.9 Å². The molecule has 22 heavy (non-hydrogen) atoms. The number of hydrogen-bond donors (Lipinski definition) is 2. The predicted molar refractivity (Wildman–Crippen MR) is 82.7 cm³/mol. The Bertz CT molecular complexity index is 669. The van der Waals surface area contributed by atoms with Gasteiger partial charge in [0.25, 0.3) is 0 Å². The molecule has 0 radical (unpaired) electrons. The number of anilines is 1. The average Bonchev–Trinajstić information content (AvgIpc) is 2.56. The first kappa shape index (κ1) is 14.4. The molecule has 1 fully saturated rings. The van der Waals surface area contributed by atoms with Gasteiger partial charge in [-0.2, -0.15) is 0 Å². The second-order valence-electron chi connectivity index (χ2n) is 5.48. The van der Waals surface area contributed by atoms with Crippen LogP contribution >= 0.6 is 0 Å². The van der Waals surface area contributed by atoms with E-state index in [1.165, 1.54) is 37.6 Å². The number of aromatic nitrogens is 3. The molecule has 1 aliphatic rings. The predicted octanol–water partition coefficient (Wildman–Crippen LogP) is 2.98. The number of hydrogen-bond acceptors (Lipinski definition) is 5. The lowest BCUT2D eigenvalue weighted by Gasteiger charge is -2.22. The number of carboxylic acid groups (broad SMARTS) is 1. The Morgan fingerprint density at radius 1 is 1.09 bits per heavy atom. The van der Waals surface area contributed by atoms with E-state index in [9.17, 15) is 4.79 Å². The molecule has 0 atom stereocenters. The number of aromatic carboxylic acids is 1. The summed E-state index contributed by atoms with van der Waals surface area (Å²) >= 11 is 0. The smallest absolute Gasteiger partial charge is 0.335 e. The van der Waals surface area contributed by atoms with E-state index >= 15 is 0 Å². The Kier molecular flexibility index (Phi) is 4.27. The monoisotopic (exact) mass is 298 g/mol. The van der Waals surface area contributed by atoms with Crippen molar-refractivity contribution < 1.29 is 9.90 Å². The van der Waals surface area contributed by atoms with Crippen molar-refractivity contribution in [3.63, 3.8) is 0 Å². The second kappa shape index (κ2) is 6.51. The van der Waals surface area contributed by atoms with Crippen molar-refractivity contribution in [3.8, 4) is 11.4 Å². The summed E-state index contributed by atoms with van der Waals surface area (Å²) in [6, 6.07) is 5.14. The first-order chi connectivity index (χ1) is 10.7. The molecule has 2 aromatic rings. The summed E-state index contributed by atoms with van der Waals surface area (Å²) in [6.45, 7) is 0. The molecule has 3 rings (SSSR count). The van der Waals surface area contributed by atoms with E-state index in [0.29, 0.717) is 23.4 Å². The molecule has 6 heteroatoms. The third-order valence-electron chi connectivity index (χ3n) is 3.86. The molecule has 0 saturated heterocycles. The van der Waals surface area contributed by atoms with Crippen LogP contribution in [-0.2, 0) is 0 Å². The van der Waals surface area contributed by atoms with Crippen molar-refractivity contribution in [1.29, 1.82) is 0 Å². The third kappa shape index (κ3) is 3.39. The van der Waals surface area contributed by atoms with Crippen molar-refractivity contribution in [1.82, 2.24) is 15.0 Å². The standard InChI is InChI=1S/C16H18N4O2/c21-15(22)11-6-8-17-14(10-11)13-7-9-18-16(20-13)19-12-4-2-1-3-5-12/h6-10,12H,1-5H2,(H,21,22)(H,18,19,20). The molecule has 2 heterocycles. The Balaban J connectivity index is 1.81. The lowest BCUT2D eigenvalue weighted by atomic mass is 9.96. The number of nitrogens with zero attached hydrogens (tertiary/aromatic N) is 3. The third-order valence-corrected chi connectivity index (χ3v) is 3.86. The fourth-order valence-electron chi connectivity index (χ4n) is 2.70. The van der Waals surface area contributed by atoms with Crippen LogP contribution in [-0.4, -0.2) is 32.1 Å². The van der Waals surface area contributed by atoms with Crippen LogP contribution in [0.1, 0.15) is 42.5 Å². The quantitative estimate of drug-likeness (QED) is 0.902. The maximum atomic E-state index is 11.0. The summed E-state index contributed by atoms with van der Waals surface area (Å²) in [7, 11) is 0. The first-order valence-corrected chi connectivity index (χ1v) is 7.52. The zero-order valence-corrected chi connectivity index (χ0v) is 12.2. The van der Waals surface area contributed by atoms with E-state index in [2.05, 4.69) is 20.3 Å². The molecule has 1 aliphatic carbocycles. The van der Waals surface area contributed by atoms with Gasteiger partial charge in [0.05, 0.1) is 17.0 Å². The fraction of sp³-hybridized carbons (Fsp3) is 0.375. The molecule has 0 spiro atoms. The van der Waals surface area contributed by atoms with E-state index < -0.39 is 5.97 Å². The van der Waals surface area contributed by atoms with E-state index in [0.717, 1.165) is 12.8 Å². The lowest BCUT2D eigenvalue weighted by molar-refractivity contribution is 0.0697. The Morgan fingerprint density at radius 3 is 2.64 bits per heavy atom. The van der Waals surface area contributed by atoms with Crippen LogP contribution in [0.15, 0.2) is 30.6 Å². The summed E-state index contributed by atoms with van der Waals surface area (Å²) < 4.78 is 0. The molecule has 0 bridgehead atoms. The number of rotatable bonds is 4. The molecule has 6 nitrogen and oxygen atoms in total. The minimum atomic E-state index is -0.974. The number of carbonyl (C=O) groups is 1. The van der Waals surface area contributed by atoms with Gasteiger partial charge in [-0.3, -0.25) is 4.98 Å². The molecule has 0 amide bonds. The highest BCUT2D eigenvalue weighted by atomic mass is 16.4. The van der Waals surface area contributed by atoms with E-state index in [1.807, 2.05) is 0 Å². The largest absolute Gasteiger partial charge is 0.478 e. The van der Waals surface area contributed by atoms with E-state index in [-0.39, 0.29) is 5.56 Å². The lowest BCUT2D eigenvalue weighted by Crippen LogP contribution is -2.23. The molecule has 0 aliphatic heterocycles. The molecule has 2 aromatic heterocycles. The Hall–Kier alpha value is -2.50. The highest BCUT2D eigenvalue weighted by Crippen LogP contribution is 2.21. The minimum absolute atomic E-state index is 0.199. The molecule has 0 aromatic carbocycles. The van der Waals surface area contributed by atoms with Gasteiger partial charge in [-0.05, 0) is 31.0 Å². The van der Waals surface area contributed by atoms with E-state index in [1.54, 1.807) is 12.3 Å². The van der Waals surface area contributed by atoms with Crippen molar-refractivity contribution in [2.24, 2.45) is 0 Å². The van der Waals surface area contributed by atoms with Crippen molar-refractivity contribution in [3.05, 3.63) is 36.2 Å². The second-order valence-corrected chi connectivity index (χ2v) is 5.48. The van der Waals surface area contributed by atoms with Gasteiger partial charge in [-0.25, -0.2) is 14.8 Å². The summed E-state index contributed by atoms with van der Waals surface area (Å²) in [4.78, 5) is 23.9. The molecule has 1 saturated carbocycles. The van der Waals surface area contributed by atoms with Crippen LogP contribution < -0.4 is 5.32 Å². The summed E-state index contributed by atoms with van der Waals surface area (Å²) in [5.41, 5.74) is 1.36. The Labute approximate surface area is 128 Å². The number of pyridine rings is 1. The van der Waals surface area contributed by atoms with Gasteiger partial charge in [-0.1, -0.05) is 19.3 Å². The van der Waals surface area contributed by atoms with Gasteiger partial charge in [0, 0.05) is 18.4 Å². The molecule has 2 N–H and O–H groups in total. The normalized spacial score (nSPS) is 15.5. The number of carboxylic acids is 1. The van der Waals surface area contributed by atoms with Gasteiger partial charge in [0.15, 0.2) is 0 Å². The van der Waals surface area contributed by atoms with Gasteiger partial charge in [0.2, 0.25) is 5.95 Å². The zero-order valence-electron chi connectivity index (χ0n) is 12.2.